The predicted octanol–water partition coefficient (Wildman–Crippen LogP) is 3.06. The Kier molecular flexibility index (Phi) is 6.47. The van der Waals surface area contributed by atoms with Gasteiger partial charge >= 0.3 is 5.97 Å². The molecule has 0 fully saturated rings. The van der Waals surface area contributed by atoms with Gasteiger partial charge in [-0.05, 0) is 33.6 Å². The SMILES string of the molecule is C=CCC(C)(C(=O)CCC(=C)C)C(=O)OCC. The van der Waals surface area contributed by atoms with Gasteiger partial charge in [-0.15, -0.1) is 13.2 Å². The van der Waals surface area contributed by atoms with Crippen LogP contribution in [-0.2, 0) is 14.3 Å². The monoisotopic (exact) mass is 238 g/mol. The number of esters is 1. The van der Waals surface area contributed by atoms with Crippen molar-refractivity contribution in [3.05, 3.63) is 24.8 Å². The van der Waals surface area contributed by atoms with E-state index in [-0.39, 0.29) is 12.4 Å². The number of ether oxygens (including phenoxy) is 1. The number of carbonyl (C=O) groups is 2. The minimum atomic E-state index is -1.10. The summed E-state index contributed by atoms with van der Waals surface area (Å²) < 4.78 is 4.96. The molecule has 3 heteroatoms. The summed E-state index contributed by atoms with van der Waals surface area (Å²) in [5.41, 5.74) is -0.170. The molecule has 0 radical (unpaired) electrons. The van der Waals surface area contributed by atoms with Crippen LogP contribution in [0.25, 0.3) is 0 Å². The van der Waals surface area contributed by atoms with Crippen LogP contribution in [0.3, 0.4) is 0 Å². The van der Waals surface area contributed by atoms with Crippen LogP contribution < -0.4 is 0 Å². The van der Waals surface area contributed by atoms with Gasteiger partial charge in [0.15, 0.2) is 5.78 Å². The molecular weight excluding hydrogens is 216 g/mol. The van der Waals surface area contributed by atoms with E-state index in [9.17, 15) is 9.59 Å². The zero-order valence-corrected chi connectivity index (χ0v) is 11.0. The van der Waals surface area contributed by atoms with E-state index >= 15 is 0 Å². The first-order chi connectivity index (χ1) is 7.88. The summed E-state index contributed by atoms with van der Waals surface area (Å²) >= 11 is 0. The van der Waals surface area contributed by atoms with Crippen LogP contribution in [-0.4, -0.2) is 18.4 Å². The number of Topliss-reactive ketones (excluding diaryl/α,β-unsaturated/α-hetero) is 1. The summed E-state index contributed by atoms with van der Waals surface area (Å²) in [6.45, 7) is 12.8. The average molecular weight is 238 g/mol. The minimum absolute atomic E-state index is 0.112. The molecule has 0 aromatic carbocycles. The van der Waals surface area contributed by atoms with E-state index in [1.165, 1.54) is 0 Å². The fraction of sp³-hybridized carbons (Fsp3) is 0.571. The van der Waals surface area contributed by atoms with Crippen LogP contribution in [0.2, 0.25) is 0 Å². The molecule has 0 aliphatic rings. The molecule has 0 N–H and O–H groups in total. The summed E-state index contributed by atoms with van der Waals surface area (Å²) in [6.07, 6.45) is 2.81. The number of carbonyl (C=O) groups excluding carboxylic acids is 2. The van der Waals surface area contributed by atoms with Gasteiger partial charge in [-0.25, -0.2) is 0 Å². The van der Waals surface area contributed by atoms with Crippen molar-refractivity contribution in [2.45, 2.75) is 40.0 Å². The smallest absolute Gasteiger partial charge is 0.319 e. The molecule has 0 saturated carbocycles. The number of hydrogen-bond acceptors (Lipinski definition) is 3. The maximum atomic E-state index is 12.1. The van der Waals surface area contributed by atoms with Gasteiger partial charge in [-0.2, -0.15) is 0 Å². The van der Waals surface area contributed by atoms with Crippen molar-refractivity contribution in [3.63, 3.8) is 0 Å². The molecule has 0 rings (SSSR count). The normalized spacial score (nSPS) is 13.6. The van der Waals surface area contributed by atoms with Gasteiger partial charge in [0.05, 0.1) is 6.61 Å². The molecule has 0 spiro atoms. The first kappa shape index (κ1) is 15.6. The van der Waals surface area contributed by atoms with Crippen molar-refractivity contribution in [1.29, 1.82) is 0 Å². The van der Waals surface area contributed by atoms with Crippen molar-refractivity contribution >= 4 is 11.8 Å². The van der Waals surface area contributed by atoms with Crippen LogP contribution in [0.4, 0.5) is 0 Å². The van der Waals surface area contributed by atoms with Crippen molar-refractivity contribution in [1.82, 2.24) is 0 Å². The van der Waals surface area contributed by atoms with Crippen molar-refractivity contribution in [2.75, 3.05) is 6.61 Å². The van der Waals surface area contributed by atoms with Crippen molar-refractivity contribution < 1.29 is 14.3 Å². The van der Waals surface area contributed by atoms with Crippen molar-refractivity contribution in [2.24, 2.45) is 5.41 Å². The lowest BCUT2D eigenvalue weighted by Crippen LogP contribution is -2.37. The molecule has 1 atom stereocenters. The highest BCUT2D eigenvalue weighted by Crippen LogP contribution is 2.28. The van der Waals surface area contributed by atoms with Gasteiger partial charge in [0.1, 0.15) is 5.41 Å². The molecular formula is C14H22O3. The molecule has 1 unspecified atom stereocenters. The predicted molar refractivity (Wildman–Crippen MR) is 68.6 cm³/mol. The van der Waals surface area contributed by atoms with Crippen LogP contribution >= 0.6 is 0 Å². The van der Waals surface area contributed by atoms with Gasteiger partial charge in [0, 0.05) is 6.42 Å². The second-order valence-corrected chi connectivity index (χ2v) is 4.43. The minimum Gasteiger partial charge on any atom is -0.465 e. The second kappa shape index (κ2) is 7.05. The standard InChI is InChI=1S/C14H22O3/c1-6-10-14(5,13(16)17-7-2)12(15)9-8-11(3)4/h6H,1,3,7-10H2,2,4-5H3. The summed E-state index contributed by atoms with van der Waals surface area (Å²) in [5, 5.41) is 0. The molecule has 3 nitrogen and oxygen atoms in total. The Morgan fingerprint density at radius 1 is 1.35 bits per heavy atom. The van der Waals surface area contributed by atoms with E-state index in [0.717, 1.165) is 5.57 Å². The summed E-state index contributed by atoms with van der Waals surface area (Å²) in [6, 6.07) is 0. The van der Waals surface area contributed by atoms with Gasteiger partial charge in [-0.3, -0.25) is 9.59 Å². The van der Waals surface area contributed by atoms with Gasteiger partial charge in [0.25, 0.3) is 0 Å². The molecule has 17 heavy (non-hydrogen) atoms. The highest BCUT2D eigenvalue weighted by Gasteiger charge is 2.40. The third-order valence-electron chi connectivity index (χ3n) is 2.67. The number of allylic oxidation sites excluding steroid dienone is 2. The zero-order chi connectivity index (χ0) is 13.5. The van der Waals surface area contributed by atoms with Crippen LogP contribution in [0, 0.1) is 5.41 Å². The quantitative estimate of drug-likeness (QED) is 0.371. The van der Waals surface area contributed by atoms with Crippen molar-refractivity contribution in [3.8, 4) is 0 Å². The maximum absolute atomic E-state index is 12.1. The first-order valence-corrected chi connectivity index (χ1v) is 5.84. The van der Waals surface area contributed by atoms with Crippen LogP contribution in [0.5, 0.6) is 0 Å². The highest BCUT2D eigenvalue weighted by atomic mass is 16.5. The van der Waals surface area contributed by atoms with E-state index in [1.54, 1.807) is 19.9 Å². The number of rotatable bonds is 8. The number of hydrogen-bond donors (Lipinski definition) is 0. The lowest BCUT2D eigenvalue weighted by Gasteiger charge is -2.24. The van der Waals surface area contributed by atoms with Gasteiger partial charge in [-0.1, -0.05) is 11.6 Å². The maximum Gasteiger partial charge on any atom is 0.319 e. The fourth-order valence-corrected chi connectivity index (χ4v) is 1.49. The average Bonchev–Trinajstić information content (AvgIpc) is 2.26. The fourth-order valence-electron chi connectivity index (χ4n) is 1.49. The third kappa shape index (κ3) is 4.55. The molecule has 0 bridgehead atoms. The summed E-state index contributed by atoms with van der Waals surface area (Å²) in [5.74, 6) is -0.578. The molecule has 0 amide bonds. The lowest BCUT2D eigenvalue weighted by molar-refractivity contribution is -0.158. The molecule has 0 aromatic rings. The Morgan fingerprint density at radius 3 is 2.35 bits per heavy atom. The molecule has 96 valence electrons. The highest BCUT2D eigenvalue weighted by molar-refractivity contribution is 6.03. The Hall–Kier alpha value is -1.38. The van der Waals surface area contributed by atoms with Crippen LogP contribution in [0.1, 0.15) is 40.0 Å². The Labute approximate surface area is 104 Å². The van der Waals surface area contributed by atoms with Gasteiger partial charge in [0.2, 0.25) is 0 Å². The molecule has 0 heterocycles. The molecule has 0 saturated heterocycles. The molecule has 0 aromatic heterocycles. The van der Waals surface area contributed by atoms with E-state index in [0.29, 0.717) is 19.3 Å². The first-order valence-electron chi connectivity index (χ1n) is 5.84. The van der Waals surface area contributed by atoms with E-state index < -0.39 is 11.4 Å². The molecule has 0 aliphatic heterocycles. The number of ketones is 1. The molecule has 0 aliphatic carbocycles. The Morgan fingerprint density at radius 2 is 1.94 bits per heavy atom. The van der Waals surface area contributed by atoms with E-state index in [1.807, 2.05) is 6.92 Å². The second-order valence-electron chi connectivity index (χ2n) is 4.43. The lowest BCUT2D eigenvalue weighted by atomic mass is 9.80. The van der Waals surface area contributed by atoms with Gasteiger partial charge < -0.3 is 4.74 Å². The van der Waals surface area contributed by atoms with E-state index in [4.69, 9.17) is 4.74 Å². The third-order valence-corrected chi connectivity index (χ3v) is 2.67. The summed E-state index contributed by atoms with van der Waals surface area (Å²) in [7, 11) is 0. The Bertz CT molecular complexity index is 317. The zero-order valence-electron chi connectivity index (χ0n) is 11.0. The topological polar surface area (TPSA) is 43.4 Å². The largest absolute Gasteiger partial charge is 0.465 e. The van der Waals surface area contributed by atoms with E-state index in [2.05, 4.69) is 13.2 Å². The Balaban J connectivity index is 4.79. The van der Waals surface area contributed by atoms with Crippen LogP contribution in [0.15, 0.2) is 24.8 Å². The summed E-state index contributed by atoms with van der Waals surface area (Å²) in [4.78, 5) is 23.9.